The van der Waals surface area contributed by atoms with E-state index in [-0.39, 0.29) is 0 Å². The van der Waals surface area contributed by atoms with E-state index in [1.165, 1.54) is 35.3 Å². The van der Waals surface area contributed by atoms with E-state index in [4.69, 9.17) is 0 Å². The monoisotopic (exact) mass is 297 g/mol. The molecule has 0 spiro atoms. The highest BCUT2D eigenvalue weighted by atomic mass is 32.1. The quantitative estimate of drug-likeness (QED) is 0.668. The average Bonchev–Trinajstić information content (AvgIpc) is 2.98. The predicted octanol–water partition coefficient (Wildman–Crippen LogP) is 3.36. The van der Waals surface area contributed by atoms with Crippen molar-refractivity contribution >= 4 is 22.3 Å². The summed E-state index contributed by atoms with van der Waals surface area (Å²) in [6.45, 7) is 1.74. The second-order valence-electron chi connectivity index (χ2n) is 5.33. The largest absolute Gasteiger partial charge is 0.381 e. The summed E-state index contributed by atoms with van der Waals surface area (Å²) in [5.74, 6) is -1.35. The normalized spacial score (nSPS) is 16.5. The van der Waals surface area contributed by atoms with Crippen LogP contribution in [-0.2, 0) is 0 Å². The fourth-order valence-corrected chi connectivity index (χ4v) is 3.29. The average molecular weight is 297 g/mol. The van der Waals surface area contributed by atoms with Crippen LogP contribution >= 0.6 is 11.3 Å². The maximum atomic E-state index is 13.8. The van der Waals surface area contributed by atoms with Gasteiger partial charge in [0, 0.05) is 26.3 Å². The molecule has 0 atom stereocenters. The molecule has 1 aliphatic rings. The number of Topliss-reactive ketones (excluding diaryl/α,β-unsaturated/α-hetero) is 1. The number of allylic oxidation sites excluding steroid dienone is 1. The second kappa shape index (κ2) is 6.35. The zero-order valence-electron chi connectivity index (χ0n) is 12.1. The first-order valence-corrected chi connectivity index (χ1v) is 7.61. The third-order valence-electron chi connectivity index (χ3n) is 3.27. The van der Waals surface area contributed by atoms with Gasteiger partial charge in [0.1, 0.15) is 4.88 Å². The van der Waals surface area contributed by atoms with Gasteiger partial charge in [-0.25, -0.2) is 9.37 Å². The van der Waals surface area contributed by atoms with Gasteiger partial charge in [0.25, 0.3) is 0 Å². The summed E-state index contributed by atoms with van der Waals surface area (Å²) in [5.41, 5.74) is 0.586. The van der Waals surface area contributed by atoms with Gasteiger partial charge in [-0.05, 0) is 19.8 Å². The summed E-state index contributed by atoms with van der Waals surface area (Å²) in [6.07, 6.45) is 5.92. The molecular formula is C14H20FN3OS. The Balaban J connectivity index is 2.12. The van der Waals surface area contributed by atoms with Gasteiger partial charge in [-0.15, -0.1) is 0 Å². The molecule has 0 saturated heterocycles. The van der Waals surface area contributed by atoms with Crippen molar-refractivity contribution in [2.24, 2.45) is 0 Å². The minimum absolute atomic E-state index is 0.376. The number of carbonyl (C=O) groups is 1. The molecule has 0 aromatic carbocycles. The van der Waals surface area contributed by atoms with Gasteiger partial charge in [-0.3, -0.25) is 4.79 Å². The highest BCUT2D eigenvalue weighted by Crippen LogP contribution is 2.29. The first kappa shape index (κ1) is 15.0. The van der Waals surface area contributed by atoms with Crippen molar-refractivity contribution in [1.82, 2.24) is 9.88 Å². The Bertz CT molecular complexity index is 518. The summed E-state index contributed by atoms with van der Waals surface area (Å²) < 4.78 is 13.8. The number of hydrogen-bond acceptors (Lipinski definition) is 5. The number of carbonyl (C=O) groups excluding carboxylic acids is 1. The number of ketones is 1. The first-order chi connectivity index (χ1) is 9.47. The molecule has 1 fully saturated rings. The van der Waals surface area contributed by atoms with Crippen LogP contribution in [0.1, 0.15) is 41.0 Å². The minimum atomic E-state index is -0.755. The van der Waals surface area contributed by atoms with Gasteiger partial charge in [0.15, 0.2) is 11.0 Å². The van der Waals surface area contributed by atoms with Crippen molar-refractivity contribution in [3.05, 3.63) is 22.6 Å². The number of hydrogen-bond donors (Lipinski definition) is 1. The van der Waals surface area contributed by atoms with Crippen LogP contribution in [0.25, 0.3) is 0 Å². The van der Waals surface area contributed by atoms with E-state index in [1.54, 1.807) is 21.0 Å². The van der Waals surface area contributed by atoms with Gasteiger partial charge in [0.05, 0.1) is 5.69 Å². The van der Waals surface area contributed by atoms with Crippen LogP contribution < -0.4 is 5.32 Å². The van der Waals surface area contributed by atoms with Crippen LogP contribution in [0.15, 0.2) is 12.0 Å². The number of rotatable bonds is 5. The van der Waals surface area contributed by atoms with Crippen molar-refractivity contribution in [2.75, 3.05) is 19.4 Å². The zero-order chi connectivity index (χ0) is 14.7. The summed E-state index contributed by atoms with van der Waals surface area (Å²) in [4.78, 5) is 18.3. The highest BCUT2D eigenvalue weighted by molar-refractivity contribution is 7.17. The molecule has 0 radical (unpaired) electrons. The van der Waals surface area contributed by atoms with Gasteiger partial charge in [-0.2, -0.15) is 0 Å². The molecule has 4 nitrogen and oxygen atoms in total. The lowest BCUT2D eigenvalue weighted by Gasteiger charge is -2.09. The topological polar surface area (TPSA) is 45.2 Å². The molecule has 1 heterocycles. The van der Waals surface area contributed by atoms with E-state index in [0.717, 1.165) is 18.0 Å². The Morgan fingerprint density at radius 3 is 2.70 bits per heavy atom. The van der Waals surface area contributed by atoms with Crippen LogP contribution in [0.3, 0.4) is 0 Å². The third-order valence-corrected chi connectivity index (χ3v) is 4.36. The lowest BCUT2D eigenvalue weighted by atomic mass is 10.2. The maximum absolute atomic E-state index is 13.8. The fraction of sp³-hybridized carbons (Fsp3) is 0.571. The number of halogens is 1. The Labute approximate surface area is 122 Å². The minimum Gasteiger partial charge on any atom is -0.381 e. The molecule has 1 aromatic heterocycles. The van der Waals surface area contributed by atoms with E-state index >= 15 is 0 Å². The molecule has 0 amide bonds. The molecule has 1 saturated carbocycles. The Morgan fingerprint density at radius 1 is 1.45 bits per heavy atom. The van der Waals surface area contributed by atoms with Crippen molar-refractivity contribution < 1.29 is 9.18 Å². The van der Waals surface area contributed by atoms with Crippen LogP contribution in [-0.4, -0.2) is 35.8 Å². The Kier molecular flexibility index (Phi) is 4.75. The van der Waals surface area contributed by atoms with Crippen LogP contribution in [0.4, 0.5) is 9.52 Å². The van der Waals surface area contributed by atoms with Crippen molar-refractivity contribution in [3.8, 4) is 0 Å². The first-order valence-electron chi connectivity index (χ1n) is 6.80. The number of aryl methyl sites for hydroxylation is 1. The predicted molar refractivity (Wildman–Crippen MR) is 79.9 cm³/mol. The molecule has 1 aromatic rings. The van der Waals surface area contributed by atoms with E-state index in [1.807, 2.05) is 0 Å². The van der Waals surface area contributed by atoms with Crippen molar-refractivity contribution in [3.63, 3.8) is 0 Å². The van der Waals surface area contributed by atoms with Gasteiger partial charge in [-0.1, -0.05) is 24.2 Å². The maximum Gasteiger partial charge on any atom is 0.234 e. The number of aromatic nitrogens is 1. The Hall–Kier alpha value is -1.43. The van der Waals surface area contributed by atoms with E-state index in [0.29, 0.717) is 16.6 Å². The molecule has 1 N–H and O–H groups in total. The highest BCUT2D eigenvalue weighted by Gasteiger charge is 2.22. The lowest BCUT2D eigenvalue weighted by Crippen LogP contribution is -2.13. The third kappa shape index (κ3) is 3.56. The lowest BCUT2D eigenvalue weighted by molar-refractivity contribution is 0.100. The number of nitrogens with zero attached hydrogens (tertiary/aromatic N) is 2. The van der Waals surface area contributed by atoms with Crippen LogP contribution in [0, 0.1) is 6.92 Å². The molecule has 110 valence electrons. The smallest absolute Gasteiger partial charge is 0.234 e. The van der Waals surface area contributed by atoms with Gasteiger partial charge < -0.3 is 10.2 Å². The summed E-state index contributed by atoms with van der Waals surface area (Å²) in [5, 5.41) is 4.06. The molecule has 0 unspecified atom stereocenters. The van der Waals surface area contributed by atoms with Crippen molar-refractivity contribution in [2.45, 2.75) is 38.6 Å². The van der Waals surface area contributed by atoms with E-state index < -0.39 is 11.6 Å². The molecule has 0 bridgehead atoms. The fourth-order valence-electron chi connectivity index (χ4n) is 2.31. The number of nitrogens with one attached hydrogen (secondary N) is 1. The van der Waals surface area contributed by atoms with Crippen molar-refractivity contribution in [1.29, 1.82) is 0 Å². The van der Waals surface area contributed by atoms with E-state index in [9.17, 15) is 9.18 Å². The molecular weight excluding hydrogens is 277 g/mol. The zero-order valence-corrected chi connectivity index (χ0v) is 12.9. The standard InChI is InChI=1S/C14H20FN3OS/c1-9-13(12(19)11(15)8-18(2)3)20-14(16-9)17-10-6-4-5-7-10/h8,10H,4-7H2,1-3H3,(H,16,17)/b11-8+. The van der Waals surface area contributed by atoms with E-state index in [2.05, 4.69) is 10.3 Å². The second-order valence-corrected chi connectivity index (χ2v) is 6.33. The SMILES string of the molecule is Cc1nc(NC2CCCC2)sc1C(=O)/C(F)=C\N(C)C. The van der Waals surface area contributed by atoms with Gasteiger partial charge in [0.2, 0.25) is 5.78 Å². The molecule has 2 rings (SSSR count). The van der Waals surface area contributed by atoms with Crippen LogP contribution in [0.5, 0.6) is 0 Å². The number of anilines is 1. The summed E-state index contributed by atoms with van der Waals surface area (Å²) >= 11 is 1.24. The summed E-state index contributed by atoms with van der Waals surface area (Å²) in [7, 11) is 3.36. The summed E-state index contributed by atoms with van der Waals surface area (Å²) in [6, 6.07) is 0.436. The molecule has 0 aliphatic heterocycles. The molecule has 20 heavy (non-hydrogen) atoms. The van der Waals surface area contributed by atoms with Gasteiger partial charge >= 0.3 is 0 Å². The molecule has 6 heteroatoms. The molecule has 1 aliphatic carbocycles. The van der Waals surface area contributed by atoms with Crippen LogP contribution in [0.2, 0.25) is 0 Å². The number of thiazole rings is 1. The Morgan fingerprint density at radius 2 is 2.10 bits per heavy atom.